The van der Waals surface area contributed by atoms with E-state index in [-0.39, 0.29) is 5.78 Å². The zero-order valence-corrected chi connectivity index (χ0v) is 7.85. The van der Waals surface area contributed by atoms with E-state index in [0.29, 0.717) is 5.57 Å². The number of ketones is 1. The molecule has 1 N–H and O–H groups in total. The molecule has 0 saturated heterocycles. The molecule has 0 aliphatic rings. The highest BCUT2D eigenvalue weighted by atomic mass is 16.1. The number of allylic oxidation sites excluding steroid dienone is 4. The first kappa shape index (κ1) is 10.8. The van der Waals surface area contributed by atoms with Crippen molar-refractivity contribution in [2.45, 2.75) is 27.2 Å². The van der Waals surface area contributed by atoms with Crippen molar-refractivity contribution in [1.82, 2.24) is 0 Å². The van der Waals surface area contributed by atoms with Gasteiger partial charge >= 0.3 is 0 Å². The first-order valence-corrected chi connectivity index (χ1v) is 4.01. The van der Waals surface area contributed by atoms with Crippen molar-refractivity contribution in [2.75, 3.05) is 0 Å². The van der Waals surface area contributed by atoms with E-state index in [1.54, 1.807) is 13.0 Å². The first-order chi connectivity index (χ1) is 5.61. The van der Waals surface area contributed by atoms with Gasteiger partial charge in [0.1, 0.15) is 0 Å². The maximum atomic E-state index is 11.0. The third-order valence-electron chi connectivity index (χ3n) is 1.44. The zero-order valence-electron chi connectivity index (χ0n) is 7.85. The Balaban J connectivity index is 4.66. The summed E-state index contributed by atoms with van der Waals surface area (Å²) in [5.41, 5.74) is 1.49. The van der Waals surface area contributed by atoms with E-state index >= 15 is 0 Å². The molecule has 0 bridgehead atoms. The van der Waals surface area contributed by atoms with E-state index in [4.69, 9.17) is 5.41 Å². The molecule has 0 aromatic heterocycles. The number of rotatable bonds is 4. The standard InChI is InChI=1S/C10H15NO/c1-4-5-10(9(3)12)6-8(2)7-11/h5-7,11H,4H2,1-3H3/b8-6-,10-5-,11-7?. The Bertz CT molecular complexity index is 236. The smallest absolute Gasteiger partial charge is 0.159 e. The Morgan fingerprint density at radius 3 is 2.33 bits per heavy atom. The predicted molar refractivity (Wildman–Crippen MR) is 51.6 cm³/mol. The summed E-state index contributed by atoms with van der Waals surface area (Å²) in [4.78, 5) is 11.0. The minimum atomic E-state index is 0.0538. The third-order valence-corrected chi connectivity index (χ3v) is 1.44. The summed E-state index contributed by atoms with van der Waals surface area (Å²) in [5, 5.41) is 6.94. The van der Waals surface area contributed by atoms with E-state index in [2.05, 4.69) is 0 Å². The van der Waals surface area contributed by atoms with Gasteiger partial charge < -0.3 is 5.41 Å². The van der Waals surface area contributed by atoms with E-state index in [9.17, 15) is 4.79 Å². The van der Waals surface area contributed by atoms with E-state index in [1.807, 2.05) is 13.0 Å². The second kappa shape index (κ2) is 5.47. The molecular formula is C10H15NO. The van der Waals surface area contributed by atoms with Crippen LogP contribution in [0.5, 0.6) is 0 Å². The van der Waals surface area contributed by atoms with Crippen LogP contribution in [0.25, 0.3) is 0 Å². The van der Waals surface area contributed by atoms with Gasteiger partial charge in [-0.05, 0) is 31.9 Å². The van der Waals surface area contributed by atoms with Gasteiger partial charge in [-0.25, -0.2) is 0 Å². The lowest BCUT2D eigenvalue weighted by molar-refractivity contribution is -0.113. The van der Waals surface area contributed by atoms with Gasteiger partial charge in [0.25, 0.3) is 0 Å². The molecule has 0 heterocycles. The summed E-state index contributed by atoms with van der Waals surface area (Å²) in [6.45, 7) is 5.32. The Morgan fingerprint density at radius 1 is 1.42 bits per heavy atom. The van der Waals surface area contributed by atoms with Crippen LogP contribution in [0.2, 0.25) is 0 Å². The molecule has 0 radical (unpaired) electrons. The molecule has 0 rings (SSSR count). The minimum absolute atomic E-state index is 0.0538. The van der Waals surface area contributed by atoms with Gasteiger partial charge in [0.05, 0.1) is 0 Å². The molecule has 0 amide bonds. The van der Waals surface area contributed by atoms with Crippen LogP contribution in [-0.4, -0.2) is 12.0 Å². The van der Waals surface area contributed by atoms with Gasteiger partial charge in [-0.2, -0.15) is 0 Å². The van der Waals surface area contributed by atoms with E-state index in [0.717, 1.165) is 12.0 Å². The average Bonchev–Trinajstić information content (AvgIpc) is 2.03. The fraction of sp³-hybridized carbons (Fsp3) is 0.400. The topological polar surface area (TPSA) is 40.9 Å². The van der Waals surface area contributed by atoms with Crippen molar-refractivity contribution in [3.8, 4) is 0 Å². The lowest BCUT2D eigenvalue weighted by atomic mass is 10.1. The Kier molecular flexibility index (Phi) is 4.93. The molecule has 0 aromatic rings. The third kappa shape index (κ3) is 3.86. The number of carbonyl (C=O) groups is 1. The van der Waals surface area contributed by atoms with Gasteiger partial charge in [0, 0.05) is 11.8 Å². The molecule has 0 fully saturated rings. The summed E-state index contributed by atoms with van der Waals surface area (Å²) >= 11 is 0. The number of Topliss-reactive ketones (excluding diaryl/α,β-unsaturated/α-hetero) is 1. The van der Waals surface area contributed by atoms with Crippen molar-refractivity contribution >= 4 is 12.0 Å². The Hall–Kier alpha value is -1.18. The quantitative estimate of drug-likeness (QED) is 0.388. The molecule has 66 valence electrons. The van der Waals surface area contributed by atoms with Crippen LogP contribution in [0, 0.1) is 5.41 Å². The lowest BCUT2D eigenvalue weighted by Gasteiger charge is -1.96. The van der Waals surface area contributed by atoms with Crippen molar-refractivity contribution in [3.63, 3.8) is 0 Å². The molecular weight excluding hydrogens is 150 g/mol. The fourth-order valence-corrected chi connectivity index (χ4v) is 0.811. The van der Waals surface area contributed by atoms with Crippen LogP contribution in [0.4, 0.5) is 0 Å². The first-order valence-electron chi connectivity index (χ1n) is 4.01. The summed E-state index contributed by atoms with van der Waals surface area (Å²) in [5.74, 6) is 0.0538. The SMILES string of the molecule is CC/C=C(/C=C(/C)C=N)C(C)=O. The summed E-state index contributed by atoms with van der Waals surface area (Å²) in [6.07, 6.45) is 5.69. The van der Waals surface area contributed by atoms with E-state index in [1.165, 1.54) is 13.1 Å². The van der Waals surface area contributed by atoms with Crippen LogP contribution >= 0.6 is 0 Å². The monoisotopic (exact) mass is 165 g/mol. The highest BCUT2D eigenvalue weighted by molar-refractivity contribution is 5.97. The van der Waals surface area contributed by atoms with Gasteiger partial charge in [-0.1, -0.05) is 13.0 Å². The predicted octanol–water partition coefficient (Wildman–Crippen LogP) is 2.51. The van der Waals surface area contributed by atoms with Crippen molar-refractivity contribution in [1.29, 1.82) is 5.41 Å². The minimum Gasteiger partial charge on any atom is -0.308 e. The van der Waals surface area contributed by atoms with E-state index < -0.39 is 0 Å². The lowest BCUT2D eigenvalue weighted by Crippen LogP contribution is -1.94. The van der Waals surface area contributed by atoms with Gasteiger partial charge in [0.15, 0.2) is 5.78 Å². The number of carbonyl (C=O) groups excluding carboxylic acids is 1. The maximum Gasteiger partial charge on any atom is 0.159 e. The molecule has 0 saturated carbocycles. The molecule has 0 atom stereocenters. The molecule has 0 aliphatic heterocycles. The van der Waals surface area contributed by atoms with Crippen molar-refractivity contribution in [3.05, 3.63) is 23.3 Å². The number of hydrogen-bond donors (Lipinski definition) is 1. The fourth-order valence-electron chi connectivity index (χ4n) is 0.811. The average molecular weight is 165 g/mol. The normalized spacial score (nSPS) is 12.9. The highest BCUT2D eigenvalue weighted by Gasteiger charge is 1.98. The summed E-state index contributed by atoms with van der Waals surface area (Å²) in [6, 6.07) is 0. The second-order valence-electron chi connectivity index (χ2n) is 2.66. The highest BCUT2D eigenvalue weighted by Crippen LogP contribution is 2.03. The number of hydrogen-bond acceptors (Lipinski definition) is 2. The molecule has 2 heteroatoms. The number of nitrogens with one attached hydrogen (secondary N) is 1. The maximum absolute atomic E-state index is 11.0. The molecule has 0 unspecified atom stereocenters. The Labute approximate surface area is 73.5 Å². The van der Waals surface area contributed by atoms with Crippen molar-refractivity contribution < 1.29 is 4.79 Å². The zero-order chi connectivity index (χ0) is 9.56. The van der Waals surface area contributed by atoms with Crippen LogP contribution in [-0.2, 0) is 4.79 Å². The van der Waals surface area contributed by atoms with Gasteiger partial charge in [0.2, 0.25) is 0 Å². The van der Waals surface area contributed by atoms with Crippen LogP contribution in [0.1, 0.15) is 27.2 Å². The summed E-state index contributed by atoms with van der Waals surface area (Å²) < 4.78 is 0. The molecule has 0 aliphatic carbocycles. The molecule has 12 heavy (non-hydrogen) atoms. The Morgan fingerprint density at radius 2 is 2.00 bits per heavy atom. The molecule has 2 nitrogen and oxygen atoms in total. The second-order valence-corrected chi connectivity index (χ2v) is 2.66. The van der Waals surface area contributed by atoms with Gasteiger partial charge in [-0.3, -0.25) is 4.79 Å². The molecule has 0 aromatic carbocycles. The van der Waals surface area contributed by atoms with Crippen LogP contribution in [0.15, 0.2) is 23.3 Å². The van der Waals surface area contributed by atoms with Crippen molar-refractivity contribution in [2.24, 2.45) is 0 Å². The van der Waals surface area contributed by atoms with Crippen LogP contribution in [0.3, 0.4) is 0 Å². The van der Waals surface area contributed by atoms with Crippen LogP contribution < -0.4 is 0 Å². The van der Waals surface area contributed by atoms with Gasteiger partial charge in [-0.15, -0.1) is 0 Å². The summed E-state index contributed by atoms with van der Waals surface area (Å²) in [7, 11) is 0. The largest absolute Gasteiger partial charge is 0.308 e. The molecule has 0 spiro atoms.